The van der Waals surface area contributed by atoms with Crippen LogP contribution in [0.2, 0.25) is 0 Å². The molecule has 0 saturated carbocycles. The zero-order chi connectivity index (χ0) is 14.8. The molecule has 0 radical (unpaired) electrons. The molecule has 2 aromatic heterocycles. The molecule has 5 heteroatoms. The highest BCUT2D eigenvalue weighted by atomic mass is 16.2. The summed E-state index contributed by atoms with van der Waals surface area (Å²) < 4.78 is 0. The van der Waals surface area contributed by atoms with Crippen LogP contribution in [0.15, 0.2) is 48.9 Å². The van der Waals surface area contributed by atoms with E-state index in [1.54, 1.807) is 36.5 Å². The van der Waals surface area contributed by atoms with E-state index in [0.29, 0.717) is 5.69 Å². The molecule has 2 N–H and O–H groups in total. The Hall–Kier alpha value is -2.82. The van der Waals surface area contributed by atoms with Gasteiger partial charge in [-0.25, -0.2) is 4.79 Å². The van der Waals surface area contributed by atoms with Crippen molar-refractivity contribution in [3.63, 3.8) is 0 Å². The molecule has 5 nitrogen and oxygen atoms in total. The van der Waals surface area contributed by atoms with E-state index < -0.39 is 0 Å². The van der Waals surface area contributed by atoms with E-state index in [0.717, 1.165) is 22.2 Å². The van der Waals surface area contributed by atoms with Crippen LogP contribution in [-0.4, -0.2) is 23.0 Å². The van der Waals surface area contributed by atoms with Crippen LogP contribution in [-0.2, 0) is 0 Å². The number of aryl methyl sites for hydroxylation is 1. The van der Waals surface area contributed by atoms with Crippen molar-refractivity contribution >= 4 is 28.3 Å². The van der Waals surface area contributed by atoms with Crippen LogP contribution in [0.25, 0.3) is 10.9 Å². The average Bonchev–Trinajstić information content (AvgIpc) is 2.88. The van der Waals surface area contributed by atoms with Crippen molar-refractivity contribution in [3.05, 3.63) is 54.5 Å². The minimum atomic E-state index is -0.199. The standard InChI is InChI=1S/C16H16N4O/c1-11-9-18-15-6-5-13(8-14(11)15)20(2)16(21)19-12-4-3-7-17-10-12/h3-10,18H,1-2H3,(H,19,21). The Kier molecular flexibility index (Phi) is 3.31. The molecule has 1 aromatic carbocycles. The minimum Gasteiger partial charge on any atom is -0.361 e. The molecule has 0 fully saturated rings. The zero-order valence-corrected chi connectivity index (χ0v) is 11.9. The molecule has 2 amide bonds. The Morgan fingerprint density at radius 2 is 2.19 bits per heavy atom. The number of hydrogen-bond donors (Lipinski definition) is 2. The number of fused-ring (bicyclic) bond motifs is 1. The second kappa shape index (κ2) is 5.28. The fraction of sp³-hybridized carbons (Fsp3) is 0.125. The molecular weight excluding hydrogens is 264 g/mol. The number of rotatable bonds is 2. The highest BCUT2D eigenvalue weighted by Crippen LogP contribution is 2.24. The van der Waals surface area contributed by atoms with Crippen molar-refractivity contribution in [2.75, 3.05) is 17.3 Å². The van der Waals surface area contributed by atoms with Crippen LogP contribution in [0, 0.1) is 6.92 Å². The number of carbonyl (C=O) groups excluding carboxylic acids is 1. The Bertz CT molecular complexity index is 779. The Labute approximate surface area is 122 Å². The SMILES string of the molecule is Cc1c[nH]c2ccc(N(C)C(=O)Nc3cccnc3)cc12. The van der Waals surface area contributed by atoms with E-state index in [4.69, 9.17) is 0 Å². The molecule has 3 rings (SSSR count). The molecule has 0 aliphatic carbocycles. The number of pyridine rings is 1. The van der Waals surface area contributed by atoms with Gasteiger partial charge in [0, 0.05) is 36.0 Å². The predicted octanol–water partition coefficient (Wildman–Crippen LogP) is 3.54. The van der Waals surface area contributed by atoms with Gasteiger partial charge in [-0.05, 0) is 42.8 Å². The van der Waals surface area contributed by atoms with Gasteiger partial charge in [0.2, 0.25) is 0 Å². The number of H-pyrrole nitrogens is 1. The maximum atomic E-state index is 12.3. The lowest BCUT2D eigenvalue weighted by Gasteiger charge is -2.18. The molecule has 0 bridgehead atoms. The second-order valence-electron chi connectivity index (χ2n) is 4.93. The highest BCUT2D eigenvalue weighted by Gasteiger charge is 2.12. The van der Waals surface area contributed by atoms with Crippen LogP contribution in [0.3, 0.4) is 0 Å². The minimum absolute atomic E-state index is 0.199. The summed E-state index contributed by atoms with van der Waals surface area (Å²) in [4.78, 5) is 21.0. The fourth-order valence-electron chi connectivity index (χ4n) is 2.22. The summed E-state index contributed by atoms with van der Waals surface area (Å²) in [5.41, 5.74) is 3.74. The van der Waals surface area contributed by atoms with Gasteiger partial charge in [0.15, 0.2) is 0 Å². The lowest BCUT2D eigenvalue weighted by atomic mass is 10.1. The Morgan fingerprint density at radius 3 is 2.95 bits per heavy atom. The van der Waals surface area contributed by atoms with Crippen molar-refractivity contribution in [2.45, 2.75) is 6.92 Å². The molecule has 0 saturated heterocycles. The monoisotopic (exact) mass is 280 g/mol. The largest absolute Gasteiger partial charge is 0.361 e. The number of nitrogens with zero attached hydrogens (tertiary/aromatic N) is 2. The van der Waals surface area contributed by atoms with E-state index >= 15 is 0 Å². The summed E-state index contributed by atoms with van der Waals surface area (Å²) in [6.07, 6.45) is 5.25. The summed E-state index contributed by atoms with van der Waals surface area (Å²) in [5, 5.41) is 3.93. The van der Waals surface area contributed by atoms with E-state index in [1.807, 2.05) is 31.3 Å². The zero-order valence-electron chi connectivity index (χ0n) is 11.9. The molecular formula is C16H16N4O. The average molecular weight is 280 g/mol. The van der Waals surface area contributed by atoms with Gasteiger partial charge in [-0.1, -0.05) is 0 Å². The molecule has 2 heterocycles. The van der Waals surface area contributed by atoms with E-state index in [1.165, 1.54) is 0 Å². The quantitative estimate of drug-likeness (QED) is 0.754. The second-order valence-corrected chi connectivity index (χ2v) is 4.93. The van der Waals surface area contributed by atoms with Crippen molar-refractivity contribution < 1.29 is 4.79 Å². The number of urea groups is 1. The lowest BCUT2D eigenvalue weighted by Crippen LogP contribution is -2.31. The highest BCUT2D eigenvalue weighted by molar-refractivity contribution is 6.02. The van der Waals surface area contributed by atoms with E-state index in [9.17, 15) is 4.79 Å². The summed E-state index contributed by atoms with van der Waals surface area (Å²) in [7, 11) is 1.74. The summed E-state index contributed by atoms with van der Waals surface area (Å²) in [5.74, 6) is 0. The first-order valence-electron chi connectivity index (χ1n) is 6.67. The maximum Gasteiger partial charge on any atom is 0.326 e. The van der Waals surface area contributed by atoms with Gasteiger partial charge in [-0.15, -0.1) is 0 Å². The van der Waals surface area contributed by atoms with Gasteiger partial charge in [0.25, 0.3) is 0 Å². The third kappa shape index (κ3) is 2.58. The molecule has 0 aliphatic heterocycles. The summed E-state index contributed by atoms with van der Waals surface area (Å²) >= 11 is 0. The molecule has 3 aromatic rings. The predicted molar refractivity (Wildman–Crippen MR) is 84.7 cm³/mol. The van der Waals surface area contributed by atoms with Crippen molar-refractivity contribution in [2.24, 2.45) is 0 Å². The van der Waals surface area contributed by atoms with Gasteiger partial charge in [-0.2, -0.15) is 0 Å². The molecule has 0 aliphatic rings. The maximum absolute atomic E-state index is 12.3. The van der Waals surface area contributed by atoms with Crippen molar-refractivity contribution in [1.82, 2.24) is 9.97 Å². The summed E-state index contributed by atoms with van der Waals surface area (Å²) in [6.45, 7) is 2.04. The van der Waals surface area contributed by atoms with Gasteiger partial charge in [0.1, 0.15) is 0 Å². The van der Waals surface area contributed by atoms with Crippen LogP contribution in [0.5, 0.6) is 0 Å². The third-order valence-electron chi connectivity index (χ3n) is 3.48. The number of carbonyl (C=O) groups is 1. The lowest BCUT2D eigenvalue weighted by molar-refractivity contribution is 0.258. The first-order valence-corrected chi connectivity index (χ1v) is 6.67. The number of amides is 2. The molecule has 0 unspecified atom stereocenters. The van der Waals surface area contributed by atoms with Crippen molar-refractivity contribution in [1.29, 1.82) is 0 Å². The van der Waals surface area contributed by atoms with E-state index in [2.05, 4.69) is 15.3 Å². The first-order chi connectivity index (χ1) is 10.1. The number of aromatic amines is 1. The summed E-state index contributed by atoms with van der Waals surface area (Å²) in [6, 6.07) is 9.29. The number of nitrogens with one attached hydrogen (secondary N) is 2. The van der Waals surface area contributed by atoms with Gasteiger partial charge in [0.05, 0.1) is 11.9 Å². The Morgan fingerprint density at radius 1 is 1.33 bits per heavy atom. The third-order valence-corrected chi connectivity index (χ3v) is 3.48. The van der Waals surface area contributed by atoms with Gasteiger partial charge >= 0.3 is 6.03 Å². The van der Waals surface area contributed by atoms with Gasteiger partial charge in [-0.3, -0.25) is 9.88 Å². The first kappa shape index (κ1) is 13.2. The number of hydrogen-bond acceptors (Lipinski definition) is 2. The molecule has 0 atom stereocenters. The number of anilines is 2. The normalized spacial score (nSPS) is 10.6. The van der Waals surface area contributed by atoms with Crippen LogP contribution in [0.1, 0.15) is 5.56 Å². The molecule has 106 valence electrons. The van der Waals surface area contributed by atoms with Crippen LogP contribution >= 0.6 is 0 Å². The molecule has 21 heavy (non-hydrogen) atoms. The van der Waals surface area contributed by atoms with E-state index in [-0.39, 0.29) is 6.03 Å². The number of aromatic nitrogens is 2. The fourth-order valence-corrected chi connectivity index (χ4v) is 2.22. The van der Waals surface area contributed by atoms with Gasteiger partial charge < -0.3 is 10.3 Å². The van der Waals surface area contributed by atoms with Crippen LogP contribution in [0.4, 0.5) is 16.2 Å². The molecule has 0 spiro atoms. The van der Waals surface area contributed by atoms with Crippen LogP contribution < -0.4 is 10.2 Å². The smallest absolute Gasteiger partial charge is 0.326 e. The van der Waals surface area contributed by atoms with Crippen molar-refractivity contribution in [3.8, 4) is 0 Å². The topological polar surface area (TPSA) is 61.0 Å². The Balaban J connectivity index is 1.84. The number of benzene rings is 1.